The molecule has 5 heteroatoms. The molecule has 4 nitrogen and oxygen atoms in total. The molecule has 1 heterocycles. The third-order valence-electron chi connectivity index (χ3n) is 3.18. The molecule has 0 saturated carbocycles. The zero-order valence-electron chi connectivity index (χ0n) is 10.7. The highest BCUT2D eigenvalue weighted by molar-refractivity contribution is 6.31. The lowest BCUT2D eigenvalue weighted by Crippen LogP contribution is -2.00. The van der Waals surface area contributed by atoms with E-state index in [0.717, 1.165) is 0 Å². The van der Waals surface area contributed by atoms with Gasteiger partial charge in [-0.2, -0.15) is 0 Å². The Morgan fingerprint density at radius 3 is 2.57 bits per heavy atom. The van der Waals surface area contributed by atoms with Gasteiger partial charge in [0.15, 0.2) is 0 Å². The van der Waals surface area contributed by atoms with Crippen LogP contribution in [0, 0.1) is 0 Å². The molecule has 0 aliphatic heterocycles. The molecule has 0 fully saturated rings. The molecule has 1 aromatic heterocycles. The fourth-order valence-electron chi connectivity index (χ4n) is 2.21. The highest BCUT2D eigenvalue weighted by Gasteiger charge is 2.14. The van der Waals surface area contributed by atoms with Crippen molar-refractivity contribution in [2.75, 3.05) is 0 Å². The molecule has 2 aromatic carbocycles. The van der Waals surface area contributed by atoms with Crippen LogP contribution in [0.1, 0.15) is 10.4 Å². The maximum atomic E-state index is 11.4. The van der Waals surface area contributed by atoms with Crippen molar-refractivity contribution < 1.29 is 15.0 Å². The van der Waals surface area contributed by atoms with Crippen LogP contribution in [-0.4, -0.2) is 21.2 Å². The summed E-state index contributed by atoms with van der Waals surface area (Å²) >= 11 is 5.94. The van der Waals surface area contributed by atoms with Crippen LogP contribution in [0.3, 0.4) is 0 Å². The third kappa shape index (κ3) is 2.41. The number of phenols is 1. The zero-order chi connectivity index (χ0) is 15.0. The number of rotatable bonds is 2. The number of carbonyl (C=O) groups is 1. The summed E-state index contributed by atoms with van der Waals surface area (Å²) in [5, 5.41) is 20.3. The van der Waals surface area contributed by atoms with E-state index in [9.17, 15) is 15.0 Å². The molecule has 3 aromatic rings. The van der Waals surface area contributed by atoms with Gasteiger partial charge in [0, 0.05) is 16.0 Å². The van der Waals surface area contributed by atoms with Gasteiger partial charge in [0.2, 0.25) is 0 Å². The SMILES string of the molecule is O=C(O)c1cc(-c2ccccc2O)nc2cc(Cl)ccc12. The Labute approximate surface area is 125 Å². The number of aromatic carboxylic acids is 1. The maximum absolute atomic E-state index is 11.4. The van der Waals surface area contributed by atoms with Crippen LogP contribution in [-0.2, 0) is 0 Å². The van der Waals surface area contributed by atoms with Crippen molar-refractivity contribution in [2.45, 2.75) is 0 Å². The molecule has 0 unspecified atom stereocenters. The largest absolute Gasteiger partial charge is 0.507 e. The van der Waals surface area contributed by atoms with E-state index in [-0.39, 0.29) is 11.3 Å². The first-order chi connectivity index (χ1) is 10.1. The van der Waals surface area contributed by atoms with E-state index < -0.39 is 5.97 Å². The Hall–Kier alpha value is -2.59. The highest BCUT2D eigenvalue weighted by Crippen LogP contribution is 2.31. The molecule has 0 aliphatic carbocycles. The maximum Gasteiger partial charge on any atom is 0.336 e. The summed E-state index contributed by atoms with van der Waals surface area (Å²) in [6.07, 6.45) is 0. The number of pyridine rings is 1. The van der Waals surface area contributed by atoms with Crippen LogP contribution < -0.4 is 0 Å². The van der Waals surface area contributed by atoms with Crippen LogP contribution >= 0.6 is 11.6 Å². The van der Waals surface area contributed by atoms with Gasteiger partial charge in [0.1, 0.15) is 5.75 Å². The quantitative estimate of drug-likeness (QED) is 0.751. The van der Waals surface area contributed by atoms with Crippen molar-refractivity contribution in [3.8, 4) is 17.0 Å². The van der Waals surface area contributed by atoms with Gasteiger partial charge in [-0.1, -0.05) is 29.8 Å². The molecule has 0 radical (unpaired) electrons. The summed E-state index contributed by atoms with van der Waals surface area (Å²) in [5.41, 5.74) is 1.46. The lowest BCUT2D eigenvalue weighted by Gasteiger charge is -2.08. The summed E-state index contributed by atoms with van der Waals surface area (Å²) in [7, 11) is 0. The Kier molecular flexibility index (Phi) is 3.23. The van der Waals surface area contributed by atoms with Crippen LogP contribution in [0.4, 0.5) is 0 Å². The van der Waals surface area contributed by atoms with Gasteiger partial charge in [-0.15, -0.1) is 0 Å². The number of carboxylic acids is 1. The van der Waals surface area contributed by atoms with Crippen LogP contribution in [0.15, 0.2) is 48.5 Å². The topological polar surface area (TPSA) is 70.4 Å². The van der Waals surface area contributed by atoms with E-state index in [4.69, 9.17) is 11.6 Å². The Morgan fingerprint density at radius 1 is 1.10 bits per heavy atom. The van der Waals surface area contributed by atoms with Gasteiger partial charge in [0.05, 0.1) is 16.8 Å². The average Bonchev–Trinajstić information content (AvgIpc) is 2.46. The summed E-state index contributed by atoms with van der Waals surface area (Å²) < 4.78 is 0. The smallest absolute Gasteiger partial charge is 0.336 e. The van der Waals surface area contributed by atoms with Crippen molar-refractivity contribution >= 4 is 28.5 Å². The number of halogens is 1. The number of carboxylic acid groups (broad SMARTS) is 1. The summed E-state index contributed by atoms with van der Waals surface area (Å²) in [6, 6.07) is 13.0. The first-order valence-corrected chi connectivity index (χ1v) is 6.56. The van der Waals surface area contributed by atoms with E-state index >= 15 is 0 Å². The lowest BCUT2D eigenvalue weighted by atomic mass is 10.0. The molecule has 104 valence electrons. The monoisotopic (exact) mass is 299 g/mol. The number of benzene rings is 2. The third-order valence-corrected chi connectivity index (χ3v) is 3.42. The second-order valence-corrected chi connectivity index (χ2v) is 4.98. The number of para-hydroxylation sites is 1. The number of phenolic OH excluding ortho intramolecular Hbond substituents is 1. The van der Waals surface area contributed by atoms with E-state index in [0.29, 0.717) is 27.2 Å². The van der Waals surface area contributed by atoms with Crippen molar-refractivity contribution in [2.24, 2.45) is 0 Å². The molecule has 2 N–H and O–H groups in total. The number of aromatic nitrogens is 1. The van der Waals surface area contributed by atoms with Crippen molar-refractivity contribution in [1.29, 1.82) is 0 Å². The fourth-order valence-corrected chi connectivity index (χ4v) is 2.37. The highest BCUT2D eigenvalue weighted by atomic mass is 35.5. The van der Waals surface area contributed by atoms with Crippen LogP contribution in [0.2, 0.25) is 5.02 Å². The number of nitrogens with zero attached hydrogens (tertiary/aromatic N) is 1. The first kappa shape index (κ1) is 13.4. The zero-order valence-corrected chi connectivity index (χ0v) is 11.5. The standard InChI is InChI=1S/C16H10ClNO3/c17-9-5-6-10-12(16(20)21)8-14(18-13(10)7-9)11-3-1-2-4-15(11)19/h1-8,19H,(H,20,21). The van der Waals surface area contributed by atoms with Crippen molar-refractivity contribution in [3.05, 3.63) is 59.1 Å². The number of hydrogen-bond acceptors (Lipinski definition) is 3. The predicted molar refractivity (Wildman–Crippen MR) is 80.8 cm³/mol. The molecular formula is C16H10ClNO3. The van der Waals surface area contributed by atoms with Gasteiger partial charge in [0.25, 0.3) is 0 Å². The van der Waals surface area contributed by atoms with Gasteiger partial charge in [-0.3, -0.25) is 0 Å². The normalized spacial score (nSPS) is 10.7. The Bertz CT molecular complexity index is 861. The number of aromatic hydroxyl groups is 1. The summed E-state index contributed by atoms with van der Waals surface area (Å²) in [4.78, 5) is 15.8. The minimum atomic E-state index is -1.05. The molecule has 0 saturated heterocycles. The number of fused-ring (bicyclic) bond motifs is 1. The molecule has 0 aliphatic rings. The van der Waals surface area contributed by atoms with Gasteiger partial charge >= 0.3 is 5.97 Å². The van der Waals surface area contributed by atoms with Crippen LogP contribution in [0.25, 0.3) is 22.2 Å². The molecule has 21 heavy (non-hydrogen) atoms. The second-order valence-electron chi connectivity index (χ2n) is 4.54. The molecule has 3 rings (SSSR count). The fraction of sp³-hybridized carbons (Fsp3) is 0. The Balaban J connectivity index is 2.35. The molecule has 0 atom stereocenters. The van der Waals surface area contributed by atoms with E-state index in [1.807, 2.05) is 0 Å². The minimum Gasteiger partial charge on any atom is -0.507 e. The molecular weight excluding hydrogens is 290 g/mol. The first-order valence-electron chi connectivity index (χ1n) is 6.18. The van der Waals surface area contributed by atoms with Crippen molar-refractivity contribution in [3.63, 3.8) is 0 Å². The molecule has 0 bridgehead atoms. The van der Waals surface area contributed by atoms with Gasteiger partial charge in [-0.25, -0.2) is 9.78 Å². The van der Waals surface area contributed by atoms with E-state index in [1.165, 1.54) is 12.1 Å². The number of hydrogen-bond donors (Lipinski definition) is 2. The molecule has 0 spiro atoms. The van der Waals surface area contributed by atoms with Gasteiger partial charge < -0.3 is 10.2 Å². The average molecular weight is 300 g/mol. The molecule has 0 amide bonds. The van der Waals surface area contributed by atoms with E-state index in [2.05, 4.69) is 4.98 Å². The summed E-state index contributed by atoms with van der Waals surface area (Å²) in [6.45, 7) is 0. The lowest BCUT2D eigenvalue weighted by molar-refractivity contribution is 0.0699. The minimum absolute atomic E-state index is 0.0442. The predicted octanol–water partition coefficient (Wildman–Crippen LogP) is 3.96. The summed E-state index contributed by atoms with van der Waals surface area (Å²) in [5.74, 6) is -1.01. The Morgan fingerprint density at radius 2 is 1.86 bits per heavy atom. The van der Waals surface area contributed by atoms with E-state index in [1.54, 1.807) is 36.4 Å². The second kappa shape index (κ2) is 5.07. The van der Waals surface area contributed by atoms with Crippen LogP contribution in [0.5, 0.6) is 5.75 Å². The van der Waals surface area contributed by atoms with Gasteiger partial charge in [-0.05, 0) is 30.3 Å². The van der Waals surface area contributed by atoms with Crippen molar-refractivity contribution in [1.82, 2.24) is 4.98 Å².